The van der Waals surface area contributed by atoms with E-state index in [9.17, 15) is 14.0 Å². The van der Waals surface area contributed by atoms with Crippen LogP contribution in [0.4, 0.5) is 4.39 Å². The Morgan fingerprint density at radius 2 is 2.07 bits per heavy atom. The van der Waals surface area contributed by atoms with E-state index < -0.39 is 23.3 Å². The summed E-state index contributed by atoms with van der Waals surface area (Å²) in [5.74, 6) is -0.664. The van der Waals surface area contributed by atoms with Crippen molar-refractivity contribution in [2.45, 2.75) is 45.7 Å². The Hall–Kier alpha value is -2.77. The second-order valence-electron chi connectivity index (χ2n) is 8.21. The third kappa shape index (κ3) is 5.85. The minimum absolute atomic E-state index is 0.0242. The number of nitrogens with zero attached hydrogens (tertiary/aromatic N) is 1. The van der Waals surface area contributed by atoms with Gasteiger partial charge >= 0.3 is 0 Å². The van der Waals surface area contributed by atoms with E-state index in [4.69, 9.17) is 10.5 Å². The van der Waals surface area contributed by atoms with Crippen LogP contribution in [-0.2, 0) is 9.59 Å². The maximum Gasteiger partial charge on any atom is 0.246 e. The van der Waals surface area contributed by atoms with Crippen molar-refractivity contribution in [3.63, 3.8) is 0 Å². The van der Waals surface area contributed by atoms with Gasteiger partial charge in [0, 0.05) is 19.8 Å². The second kappa shape index (κ2) is 9.62. The number of nitrogens with one attached hydrogen (secondary N) is 2. The van der Waals surface area contributed by atoms with Crippen molar-refractivity contribution in [3.05, 3.63) is 42.0 Å². The van der Waals surface area contributed by atoms with Gasteiger partial charge < -0.3 is 26.0 Å². The minimum Gasteiger partial charge on any atom is -0.484 e. The van der Waals surface area contributed by atoms with E-state index in [0.717, 1.165) is 6.42 Å². The number of likely N-dealkylation sites (tertiary alicyclic amines) is 1. The summed E-state index contributed by atoms with van der Waals surface area (Å²) in [5.41, 5.74) is 5.87. The van der Waals surface area contributed by atoms with Gasteiger partial charge in [-0.1, -0.05) is 32.9 Å². The van der Waals surface area contributed by atoms with Crippen LogP contribution in [0.3, 0.4) is 0 Å². The first-order valence-corrected chi connectivity index (χ1v) is 9.75. The summed E-state index contributed by atoms with van der Waals surface area (Å²) in [7, 11) is 1.57. The zero-order valence-corrected chi connectivity index (χ0v) is 17.5. The summed E-state index contributed by atoms with van der Waals surface area (Å²) >= 11 is 0. The number of carbonyl (C=O) groups excluding carboxylic acids is 2. The second-order valence-corrected chi connectivity index (χ2v) is 8.21. The fraction of sp³-hybridized carbons (Fsp3) is 0.524. The summed E-state index contributed by atoms with van der Waals surface area (Å²) < 4.78 is 19.0. The Morgan fingerprint density at radius 3 is 2.69 bits per heavy atom. The van der Waals surface area contributed by atoms with Gasteiger partial charge in [0.15, 0.2) is 11.6 Å². The van der Waals surface area contributed by atoms with Gasteiger partial charge in [-0.05, 0) is 30.4 Å². The Labute approximate surface area is 171 Å². The molecule has 0 spiro atoms. The molecule has 7 nitrogen and oxygen atoms in total. The fourth-order valence-corrected chi connectivity index (χ4v) is 3.28. The van der Waals surface area contributed by atoms with Crippen LogP contribution in [0.1, 0.15) is 33.6 Å². The Balaban J connectivity index is 2.06. The van der Waals surface area contributed by atoms with Crippen molar-refractivity contribution in [1.82, 2.24) is 15.5 Å². The van der Waals surface area contributed by atoms with E-state index in [1.54, 1.807) is 24.1 Å². The van der Waals surface area contributed by atoms with E-state index in [1.165, 1.54) is 18.3 Å². The Morgan fingerprint density at radius 1 is 1.38 bits per heavy atom. The number of rotatable bonds is 7. The molecule has 1 aliphatic rings. The van der Waals surface area contributed by atoms with Crippen LogP contribution in [0.15, 0.2) is 36.2 Å². The monoisotopic (exact) mass is 406 g/mol. The average Bonchev–Trinajstić information content (AvgIpc) is 3.15. The summed E-state index contributed by atoms with van der Waals surface area (Å²) in [6.45, 7) is 6.33. The summed E-state index contributed by atoms with van der Waals surface area (Å²) in [4.78, 5) is 26.9. The first kappa shape index (κ1) is 22.5. The first-order valence-electron chi connectivity index (χ1n) is 9.75. The van der Waals surface area contributed by atoms with Crippen molar-refractivity contribution < 1.29 is 18.7 Å². The molecule has 1 heterocycles. The van der Waals surface area contributed by atoms with E-state index in [1.807, 2.05) is 20.8 Å². The summed E-state index contributed by atoms with van der Waals surface area (Å²) in [5, 5.41) is 5.70. The molecule has 160 valence electrons. The van der Waals surface area contributed by atoms with E-state index >= 15 is 0 Å². The molecule has 4 N–H and O–H groups in total. The number of halogens is 1. The van der Waals surface area contributed by atoms with Gasteiger partial charge in [-0.3, -0.25) is 9.59 Å². The average molecular weight is 407 g/mol. The lowest BCUT2D eigenvalue weighted by molar-refractivity contribution is -0.141. The van der Waals surface area contributed by atoms with E-state index in [2.05, 4.69) is 10.6 Å². The van der Waals surface area contributed by atoms with Crippen LogP contribution < -0.4 is 21.1 Å². The lowest BCUT2D eigenvalue weighted by Gasteiger charge is -2.35. The SMILES string of the molecule is CNC(=O)[C@@H]1CCCN1C(=O)[C@@H](N/C=C(\N)COc1ccccc1F)C(C)(C)C. The molecule has 0 saturated carbocycles. The number of amides is 2. The molecule has 2 atom stereocenters. The predicted octanol–water partition coefficient (Wildman–Crippen LogP) is 1.75. The predicted molar refractivity (Wildman–Crippen MR) is 109 cm³/mol. The highest BCUT2D eigenvalue weighted by Crippen LogP contribution is 2.26. The molecule has 1 aliphatic heterocycles. The highest BCUT2D eigenvalue weighted by atomic mass is 19.1. The van der Waals surface area contributed by atoms with Crippen LogP contribution in [0.25, 0.3) is 0 Å². The molecule has 1 saturated heterocycles. The van der Waals surface area contributed by atoms with Crippen LogP contribution >= 0.6 is 0 Å². The molecule has 0 bridgehead atoms. The number of likely N-dealkylation sites (N-methyl/N-ethyl adjacent to an activating group) is 1. The summed E-state index contributed by atoms with van der Waals surface area (Å²) in [6, 6.07) is 5.03. The molecule has 1 fully saturated rings. The van der Waals surface area contributed by atoms with E-state index in [0.29, 0.717) is 18.7 Å². The molecule has 2 amide bonds. The van der Waals surface area contributed by atoms with Crippen LogP contribution in [0.5, 0.6) is 5.75 Å². The molecule has 1 aromatic carbocycles. The lowest BCUT2D eigenvalue weighted by Crippen LogP contribution is -2.55. The molecule has 2 rings (SSSR count). The number of ether oxygens (including phenoxy) is 1. The molecule has 29 heavy (non-hydrogen) atoms. The maximum absolute atomic E-state index is 13.6. The molecular weight excluding hydrogens is 375 g/mol. The highest BCUT2D eigenvalue weighted by Gasteiger charge is 2.40. The normalized spacial score (nSPS) is 18.3. The first-order chi connectivity index (χ1) is 13.6. The number of hydrogen-bond acceptors (Lipinski definition) is 5. The topological polar surface area (TPSA) is 96.7 Å². The van der Waals surface area contributed by atoms with Gasteiger partial charge in [0.1, 0.15) is 18.7 Å². The van der Waals surface area contributed by atoms with E-state index in [-0.39, 0.29) is 24.2 Å². The van der Waals surface area contributed by atoms with Crippen molar-refractivity contribution in [2.75, 3.05) is 20.2 Å². The van der Waals surface area contributed by atoms with Gasteiger partial charge in [0.2, 0.25) is 11.8 Å². The third-order valence-corrected chi connectivity index (χ3v) is 4.86. The van der Waals surface area contributed by atoms with Gasteiger partial charge in [-0.15, -0.1) is 0 Å². The standard InChI is InChI=1S/C21H31FN4O3/c1-21(2,3)18(20(28)26-11-7-9-16(26)19(27)24-4)25-12-14(23)13-29-17-10-6-5-8-15(17)22/h5-6,8,10,12,16,18,25H,7,9,11,13,23H2,1-4H3,(H,24,27)/b14-12-/t16-,18+/m0/s1. The zero-order chi connectivity index (χ0) is 21.6. The van der Waals surface area contributed by atoms with Crippen LogP contribution in [0, 0.1) is 11.2 Å². The van der Waals surface area contributed by atoms with Crippen LogP contribution in [-0.4, -0.2) is 49.0 Å². The fourth-order valence-electron chi connectivity index (χ4n) is 3.28. The van der Waals surface area contributed by atoms with Gasteiger partial charge in [-0.2, -0.15) is 0 Å². The largest absolute Gasteiger partial charge is 0.484 e. The van der Waals surface area contributed by atoms with Gasteiger partial charge in [0.05, 0.1) is 5.70 Å². The lowest BCUT2D eigenvalue weighted by atomic mass is 9.85. The summed E-state index contributed by atoms with van der Waals surface area (Å²) in [6.07, 6.45) is 2.95. The highest BCUT2D eigenvalue weighted by molar-refractivity contribution is 5.90. The van der Waals surface area contributed by atoms with Crippen molar-refractivity contribution >= 4 is 11.8 Å². The van der Waals surface area contributed by atoms with Gasteiger partial charge in [0.25, 0.3) is 0 Å². The zero-order valence-electron chi connectivity index (χ0n) is 17.5. The molecule has 0 aliphatic carbocycles. The number of para-hydroxylation sites is 1. The quantitative estimate of drug-likeness (QED) is 0.641. The molecule has 0 aromatic heterocycles. The van der Waals surface area contributed by atoms with Crippen LogP contribution in [0.2, 0.25) is 0 Å². The number of nitrogens with two attached hydrogens (primary N) is 1. The maximum atomic E-state index is 13.6. The molecular formula is C21H31FN4O3. The minimum atomic E-state index is -0.584. The molecule has 8 heteroatoms. The number of hydrogen-bond donors (Lipinski definition) is 3. The van der Waals surface area contributed by atoms with Gasteiger partial charge in [-0.25, -0.2) is 4.39 Å². The van der Waals surface area contributed by atoms with Crippen molar-refractivity contribution in [2.24, 2.45) is 11.1 Å². The van der Waals surface area contributed by atoms with Crippen molar-refractivity contribution in [1.29, 1.82) is 0 Å². The molecule has 0 unspecified atom stereocenters. The number of carbonyl (C=O) groups is 2. The molecule has 1 aromatic rings. The third-order valence-electron chi connectivity index (χ3n) is 4.86. The number of benzene rings is 1. The Bertz CT molecular complexity index is 761. The molecule has 0 radical (unpaired) electrons. The Kier molecular flexibility index (Phi) is 7.47. The van der Waals surface area contributed by atoms with Crippen molar-refractivity contribution in [3.8, 4) is 5.75 Å². The smallest absolute Gasteiger partial charge is 0.246 e.